The Morgan fingerprint density at radius 3 is 2.81 bits per heavy atom. The van der Waals surface area contributed by atoms with Gasteiger partial charge in [-0.1, -0.05) is 6.07 Å². The maximum Gasteiger partial charge on any atom is 0.237 e. The predicted molar refractivity (Wildman–Crippen MR) is 98.8 cm³/mol. The molecule has 2 aliphatic heterocycles. The number of carbonyl (C=O) groups excluding carboxylic acids is 2. The van der Waals surface area contributed by atoms with Crippen LogP contribution in [-0.2, 0) is 4.79 Å². The van der Waals surface area contributed by atoms with Gasteiger partial charge in [0.1, 0.15) is 5.49 Å². The Morgan fingerprint density at radius 1 is 1.19 bits per heavy atom. The summed E-state index contributed by atoms with van der Waals surface area (Å²) in [4.78, 5) is 31.7. The van der Waals surface area contributed by atoms with Crippen molar-refractivity contribution in [3.05, 3.63) is 48.1 Å². The lowest BCUT2D eigenvalue weighted by molar-refractivity contribution is -0.117. The molecule has 1 saturated heterocycles. The number of aromatic nitrogens is 1. The van der Waals surface area contributed by atoms with Gasteiger partial charge >= 0.3 is 0 Å². The molecule has 140 valence electrons. The number of amides is 1. The summed E-state index contributed by atoms with van der Waals surface area (Å²) in [5.74, 6) is 0.664. The van der Waals surface area contributed by atoms with Gasteiger partial charge in [0, 0.05) is 37.0 Å². The highest BCUT2D eigenvalue weighted by Crippen LogP contribution is 2.37. The van der Waals surface area contributed by atoms with Crippen LogP contribution in [0.1, 0.15) is 25.1 Å². The van der Waals surface area contributed by atoms with E-state index in [1.165, 1.54) is 0 Å². The molecule has 1 aromatic carbocycles. The van der Waals surface area contributed by atoms with Crippen molar-refractivity contribution >= 4 is 17.5 Å². The Morgan fingerprint density at radius 2 is 2.00 bits per heavy atom. The zero-order valence-electron chi connectivity index (χ0n) is 15.3. The quantitative estimate of drug-likeness (QED) is 0.834. The SMILES string of the molecule is CC(C)N=c1ccccn1C(=O)C1CC(=O)N(c2ccc3c(c2)OCO3)C1. The van der Waals surface area contributed by atoms with Crippen molar-refractivity contribution < 1.29 is 19.1 Å². The van der Waals surface area contributed by atoms with Gasteiger partial charge in [-0.2, -0.15) is 0 Å². The smallest absolute Gasteiger partial charge is 0.237 e. The second kappa shape index (κ2) is 6.90. The molecular weight excluding hydrogens is 346 g/mol. The first-order valence-corrected chi connectivity index (χ1v) is 8.98. The summed E-state index contributed by atoms with van der Waals surface area (Å²) >= 11 is 0. The maximum absolute atomic E-state index is 13.0. The van der Waals surface area contributed by atoms with Crippen LogP contribution in [0.3, 0.4) is 0 Å². The Kier molecular flexibility index (Phi) is 4.43. The fourth-order valence-corrected chi connectivity index (χ4v) is 3.36. The molecular formula is C20H21N3O4. The van der Waals surface area contributed by atoms with Gasteiger partial charge in [0.15, 0.2) is 11.5 Å². The highest BCUT2D eigenvalue weighted by molar-refractivity contribution is 6.01. The maximum atomic E-state index is 13.0. The van der Waals surface area contributed by atoms with Crippen molar-refractivity contribution in [2.45, 2.75) is 26.3 Å². The summed E-state index contributed by atoms with van der Waals surface area (Å²) in [6, 6.07) is 10.9. The third-order valence-corrected chi connectivity index (χ3v) is 4.61. The van der Waals surface area contributed by atoms with Crippen LogP contribution in [0.2, 0.25) is 0 Å². The molecule has 7 nitrogen and oxygen atoms in total. The molecule has 2 aromatic rings. The topological polar surface area (TPSA) is 73.1 Å². The fraction of sp³-hybridized carbons (Fsp3) is 0.350. The minimum Gasteiger partial charge on any atom is -0.454 e. The number of ether oxygens (including phenoxy) is 2. The second-order valence-corrected chi connectivity index (χ2v) is 6.93. The number of benzene rings is 1. The van der Waals surface area contributed by atoms with Crippen LogP contribution in [0.25, 0.3) is 0 Å². The molecule has 0 aliphatic carbocycles. The third-order valence-electron chi connectivity index (χ3n) is 4.61. The fourth-order valence-electron chi connectivity index (χ4n) is 3.36. The van der Waals surface area contributed by atoms with E-state index in [-0.39, 0.29) is 31.1 Å². The van der Waals surface area contributed by atoms with Gasteiger partial charge in [0.2, 0.25) is 18.6 Å². The van der Waals surface area contributed by atoms with Crippen LogP contribution in [-0.4, -0.2) is 35.8 Å². The van der Waals surface area contributed by atoms with Gasteiger partial charge in [-0.25, -0.2) is 0 Å². The van der Waals surface area contributed by atoms with Crippen molar-refractivity contribution in [2.75, 3.05) is 18.2 Å². The number of anilines is 1. The van der Waals surface area contributed by atoms with Gasteiger partial charge in [0.25, 0.3) is 0 Å². The van der Waals surface area contributed by atoms with Gasteiger partial charge in [-0.3, -0.25) is 19.1 Å². The molecule has 7 heteroatoms. The van der Waals surface area contributed by atoms with Gasteiger partial charge in [-0.15, -0.1) is 0 Å². The van der Waals surface area contributed by atoms with E-state index in [1.54, 1.807) is 33.9 Å². The minimum absolute atomic E-state index is 0.0711. The molecule has 4 rings (SSSR count). The number of pyridine rings is 1. The first-order chi connectivity index (χ1) is 13.0. The molecule has 27 heavy (non-hydrogen) atoms. The average molecular weight is 367 g/mol. The first-order valence-electron chi connectivity index (χ1n) is 8.98. The van der Waals surface area contributed by atoms with E-state index in [2.05, 4.69) is 4.99 Å². The zero-order chi connectivity index (χ0) is 19.0. The number of nitrogens with zero attached hydrogens (tertiary/aromatic N) is 3. The zero-order valence-corrected chi connectivity index (χ0v) is 15.3. The Labute approximate surface area is 156 Å². The summed E-state index contributed by atoms with van der Waals surface area (Å²) in [6.07, 6.45) is 1.88. The summed E-state index contributed by atoms with van der Waals surface area (Å²) in [5.41, 5.74) is 1.32. The molecule has 1 amide bonds. The van der Waals surface area contributed by atoms with Crippen LogP contribution in [0.15, 0.2) is 47.6 Å². The van der Waals surface area contributed by atoms with Crippen LogP contribution in [0.4, 0.5) is 5.69 Å². The normalized spacial score (nSPS) is 19.2. The lowest BCUT2D eigenvalue weighted by atomic mass is 10.1. The van der Waals surface area contributed by atoms with Crippen molar-refractivity contribution in [3.63, 3.8) is 0 Å². The summed E-state index contributed by atoms with van der Waals surface area (Å²) in [6.45, 7) is 4.44. The first kappa shape index (κ1) is 17.3. The summed E-state index contributed by atoms with van der Waals surface area (Å²) in [7, 11) is 0. The predicted octanol–water partition coefficient (Wildman–Crippen LogP) is 2.22. The van der Waals surface area contributed by atoms with Gasteiger partial charge < -0.3 is 14.4 Å². The van der Waals surface area contributed by atoms with Crippen molar-refractivity contribution in [1.82, 2.24) is 4.57 Å². The molecule has 3 heterocycles. The van der Waals surface area contributed by atoms with E-state index < -0.39 is 5.92 Å². The number of rotatable bonds is 3. The van der Waals surface area contributed by atoms with Crippen molar-refractivity contribution in [3.8, 4) is 11.5 Å². The molecule has 1 aromatic heterocycles. The van der Waals surface area contributed by atoms with Crippen LogP contribution >= 0.6 is 0 Å². The third kappa shape index (κ3) is 3.32. The van der Waals surface area contributed by atoms with E-state index in [0.29, 0.717) is 29.2 Å². The molecule has 0 bridgehead atoms. The van der Waals surface area contributed by atoms with Crippen molar-refractivity contribution in [2.24, 2.45) is 10.9 Å². The van der Waals surface area contributed by atoms with Crippen LogP contribution in [0, 0.1) is 5.92 Å². The largest absolute Gasteiger partial charge is 0.454 e. The monoisotopic (exact) mass is 367 g/mol. The van der Waals surface area contributed by atoms with Crippen LogP contribution < -0.4 is 19.9 Å². The van der Waals surface area contributed by atoms with E-state index in [1.807, 2.05) is 32.0 Å². The van der Waals surface area contributed by atoms with Crippen LogP contribution in [0.5, 0.6) is 11.5 Å². The molecule has 1 unspecified atom stereocenters. The highest BCUT2D eigenvalue weighted by Gasteiger charge is 2.36. The second-order valence-electron chi connectivity index (χ2n) is 6.93. The molecule has 0 N–H and O–H groups in total. The average Bonchev–Trinajstić information content (AvgIpc) is 3.26. The van der Waals surface area contributed by atoms with E-state index in [9.17, 15) is 9.59 Å². The molecule has 0 saturated carbocycles. The lowest BCUT2D eigenvalue weighted by Gasteiger charge is -2.17. The number of carbonyl (C=O) groups is 2. The number of hydrogen-bond donors (Lipinski definition) is 0. The standard InChI is InChI=1S/C20H21N3O4/c1-13(2)21-18-5-3-4-8-22(18)20(25)14-9-19(24)23(11-14)15-6-7-16-17(10-15)27-12-26-16/h3-8,10,13-14H,9,11-12H2,1-2H3. The number of hydrogen-bond acceptors (Lipinski definition) is 5. The van der Waals surface area contributed by atoms with Gasteiger partial charge in [0.05, 0.1) is 5.92 Å². The molecule has 0 spiro atoms. The summed E-state index contributed by atoms with van der Waals surface area (Å²) in [5, 5.41) is 0. The Balaban J connectivity index is 1.59. The number of fused-ring (bicyclic) bond motifs is 1. The van der Waals surface area contributed by atoms with Crippen molar-refractivity contribution in [1.29, 1.82) is 0 Å². The van der Waals surface area contributed by atoms with E-state index in [0.717, 1.165) is 0 Å². The lowest BCUT2D eigenvalue weighted by Crippen LogP contribution is -2.34. The minimum atomic E-state index is -0.420. The molecule has 1 atom stereocenters. The Bertz CT molecular complexity index is 964. The molecule has 1 fully saturated rings. The Hall–Kier alpha value is -3.09. The van der Waals surface area contributed by atoms with E-state index >= 15 is 0 Å². The molecule has 2 aliphatic rings. The van der Waals surface area contributed by atoms with E-state index in [4.69, 9.17) is 9.47 Å². The highest BCUT2D eigenvalue weighted by atomic mass is 16.7. The molecule has 0 radical (unpaired) electrons. The van der Waals surface area contributed by atoms with Gasteiger partial charge in [-0.05, 0) is 38.1 Å². The summed E-state index contributed by atoms with van der Waals surface area (Å²) < 4.78 is 12.2.